The molecule has 0 fully saturated rings. The maximum Gasteiger partial charge on any atom is 0.134 e. The summed E-state index contributed by atoms with van der Waals surface area (Å²) in [6.45, 7) is 3.86. The van der Waals surface area contributed by atoms with Gasteiger partial charge in [-0.25, -0.2) is 4.98 Å². The highest BCUT2D eigenvalue weighted by Gasteiger charge is 2.14. The first-order valence-electron chi connectivity index (χ1n) is 9.85. The lowest BCUT2D eigenvalue weighted by Gasteiger charge is -2.11. The van der Waals surface area contributed by atoms with E-state index in [0.29, 0.717) is 0 Å². The van der Waals surface area contributed by atoms with Crippen LogP contribution in [-0.2, 0) is 32.4 Å². The molecule has 0 amide bonds. The molecule has 0 saturated heterocycles. The van der Waals surface area contributed by atoms with E-state index in [1.54, 1.807) is 6.33 Å². The molecule has 0 spiro atoms. The second-order valence-electron chi connectivity index (χ2n) is 6.87. The van der Waals surface area contributed by atoms with E-state index in [1.807, 2.05) is 12.4 Å². The van der Waals surface area contributed by atoms with Crippen LogP contribution in [0.5, 0.6) is 0 Å². The third-order valence-corrected chi connectivity index (χ3v) is 5.10. The molecule has 0 saturated carbocycles. The smallest absolute Gasteiger partial charge is 0.134 e. The van der Waals surface area contributed by atoms with Crippen LogP contribution in [0.3, 0.4) is 0 Å². The molecule has 142 valence electrons. The van der Waals surface area contributed by atoms with Gasteiger partial charge in [-0.1, -0.05) is 60.7 Å². The van der Waals surface area contributed by atoms with E-state index < -0.39 is 0 Å². The molecule has 5 nitrogen and oxygen atoms in total. The van der Waals surface area contributed by atoms with E-state index in [0.717, 1.165) is 43.9 Å². The molecule has 2 aromatic carbocycles. The third-order valence-electron chi connectivity index (χ3n) is 5.10. The first-order valence-corrected chi connectivity index (χ1v) is 9.85. The van der Waals surface area contributed by atoms with Crippen molar-refractivity contribution >= 4 is 0 Å². The zero-order valence-corrected chi connectivity index (χ0v) is 16.2. The van der Waals surface area contributed by atoms with Gasteiger partial charge in [-0.3, -0.25) is 0 Å². The summed E-state index contributed by atoms with van der Waals surface area (Å²) in [7, 11) is 0. The van der Waals surface area contributed by atoms with Crippen molar-refractivity contribution in [3.63, 3.8) is 0 Å². The van der Waals surface area contributed by atoms with Gasteiger partial charge in [0.25, 0.3) is 0 Å². The van der Waals surface area contributed by atoms with Crippen LogP contribution in [-0.4, -0.2) is 24.3 Å². The Morgan fingerprint density at radius 3 is 2.29 bits per heavy atom. The Bertz CT molecular complexity index is 1000. The normalized spacial score (nSPS) is 11.0. The van der Waals surface area contributed by atoms with Crippen molar-refractivity contribution in [1.82, 2.24) is 24.3 Å². The van der Waals surface area contributed by atoms with Crippen LogP contribution in [0.15, 0.2) is 73.3 Å². The predicted molar refractivity (Wildman–Crippen MR) is 111 cm³/mol. The largest absolute Gasteiger partial charge is 0.334 e. The average molecular weight is 371 g/mol. The highest BCUT2D eigenvalue weighted by atomic mass is 15.3. The van der Waals surface area contributed by atoms with Crippen molar-refractivity contribution in [1.29, 1.82) is 0 Å². The lowest BCUT2D eigenvalue weighted by Crippen LogP contribution is -2.10. The van der Waals surface area contributed by atoms with Gasteiger partial charge in [0.05, 0.1) is 12.0 Å². The summed E-state index contributed by atoms with van der Waals surface area (Å²) < 4.78 is 4.37. The molecule has 0 unspecified atom stereocenters. The van der Waals surface area contributed by atoms with Crippen LogP contribution in [0.2, 0.25) is 0 Å². The van der Waals surface area contributed by atoms with Crippen molar-refractivity contribution in [2.75, 3.05) is 0 Å². The summed E-state index contributed by atoms with van der Waals surface area (Å²) in [4.78, 5) is 4.76. The molecular formula is C23H25N5. The van der Waals surface area contributed by atoms with E-state index in [9.17, 15) is 0 Å². The minimum Gasteiger partial charge on any atom is -0.334 e. The molecule has 0 N–H and O–H groups in total. The molecule has 28 heavy (non-hydrogen) atoms. The highest BCUT2D eigenvalue weighted by Crippen LogP contribution is 2.24. The van der Waals surface area contributed by atoms with Crippen molar-refractivity contribution in [3.05, 3.63) is 90.4 Å². The molecule has 4 rings (SSSR count). The SMILES string of the molecule is CCn1cnnc1CCn1cnc(-c2ccccc2)c1CCc1ccccc1. The molecule has 5 heteroatoms. The lowest BCUT2D eigenvalue weighted by atomic mass is 10.0. The van der Waals surface area contributed by atoms with Crippen molar-refractivity contribution in [2.45, 2.75) is 39.3 Å². The summed E-state index contributed by atoms with van der Waals surface area (Å²) in [5, 5.41) is 8.31. The maximum atomic E-state index is 4.76. The molecule has 2 heterocycles. The van der Waals surface area contributed by atoms with E-state index in [4.69, 9.17) is 4.98 Å². The summed E-state index contributed by atoms with van der Waals surface area (Å²) in [6, 6.07) is 21.1. The lowest BCUT2D eigenvalue weighted by molar-refractivity contribution is 0.606. The van der Waals surface area contributed by atoms with Crippen molar-refractivity contribution in [2.24, 2.45) is 0 Å². The molecule has 2 aromatic heterocycles. The minimum absolute atomic E-state index is 0.844. The molecule has 0 aliphatic heterocycles. The van der Waals surface area contributed by atoms with E-state index in [1.165, 1.54) is 16.8 Å². The number of nitrogens with zero attached hydrogens (tertiary/aromatic N) is 5. The Kier molecular flexibility index (Phi) is 5.61. The van der Waals surface area contributed by atoms with E-state index in [-0.39, 0.29) is 0 Å². The minimum atomic E-state index is 0.844. The fourth-order valence-electron chi connectivity index (χ4n) is 3.56. The van der Waals surface area contributed by atoms with Crippen LogP contribution in [0.1, 0.15) is 24.0 Å². The molecule has 0 aliphatic rings. The number of hydrogen-bond acceptors (Lipinski definition) is 3. The van der Waals surface area contributed by atoms with Gasteiger partial charge in [0.1, 0.15) is 12.2 Å². The van der Waals surface area contributed by atoms with E-state index >= 15 is 0 Å². The van der Waals surface area contributed by atoms with Gasteiger partial charge in [-0.2, -0.15) is 0 Å². The number of aryl methyl sites for hydroxylation is 4. The quantitative estimate of drug-likeness (QED) is 0.467. The van der Waals surface area contributed by atoms with E-state index in [2.05, 4.69) is 80.9 Å². The van der Waals surface area contributed by atoms with Crippen molar-refractivity contribution < 1.29 is 0 Å². The molecule has 0 radical (unpaired) electrons. The number of rotatable bonds is 8. The Balaban J connectivity index is 1.59. The number of benzene rings is 2. The Labute approximate surface area is 165 Å². The Hall–Kier alpha value is -3.21. The second-order valence-corrected chi connectivity index (χ2v) is 6.87. The number of hydrogen-bond donors (Lipinski definition) is 0. The van der Waals surface area contributed by atoms with Crippen molar-refractivity contribution in [3.8, 4) is 11.3 Å². The van der Waals surface area contributed by atoms with Gasteiger partial charge >= 0.3 is 0 Å². The molecule has 0 bridgehead atoms. The zero-order chi connectivity index (χ0) is 19.2. The van der Waals surface area contributed by atoms with Crippen LogP contribution >= 0.6 is 0 Å². The van der Waals surface area contributed by atoms with Gasteiger partial charge in [-0.05, 0) is 25.3 Å². The third kappa shape index (κ3) is 4.03. The first-order chi connectivity index (χ1) is 13.8. The summed E-state index contributed by atoms with van der Waals surface area (Å²) in [6.07, 6.45) is 6.56. The van der Waals surface area contributed by atoms with Crippen LogP contribution in [0, 0.1) is 0 Å². The standard InChI is InChI=1S/C23H25N5/c1-2-27-18-25-26-22(27)15-16-28-17-24-23(20-11-7-4-8-12-20)21(28)14-13-19-9-5-3-6-10-19/h3-12,17-18H,2,13-16H2,1H3. The first kappa shape index (κ1) is 18.2. The molecule has 4 aromatic rings. The topological polar surface area (TPSA) is 48.5 Å². The Morgan fingerprint density at radius 1 is 0.786 bits per heavy atom. The second kappa shape index (κ2) is 8.65. The fourth-order valence-corrected chi connectivity index (χ4v) is 3.56. The fraction of sp³-hybridized carbons (Fsp3) is 0.261. The maximum absolute atomic E-state index is 4.76. The summed E-state index contributed by atoms with van der Waals surface area (Å²) >= 11 is 0. The molecule has 0 atom stereocenters. The van der Waals surface area contributed by atoms with Gasteiger partial charge in [0.15, 0.2) is 0 Å². The van der Waals surface area contributed by atoms with Gasteiger partial charge in [0, 0.05) is 30.8 Å². The number of aromatic nitrogens is 5. The monoisotopic (exact) mass is 371 g/mol. The van der Waals surface area contributed by atoms with Gasteiger partial charge < -0.3 is 9.13 Å². The molecular weight excluding hydrogens is 346 g/mol. The summed E-state index contributed by atoms with van der Waals surface area (Å²) in [5.74, 6) is 1.02. The molecule has 0 aliphatic carbocycles. The highest BCUT2D eigenvalue weighted by molar-refractivity contribution is 5.61. The van der Waals surface area contributed by atoms with Crippen LogP contribution < -0.4 is 0 Å². The average Bonchev–Trinajstić information content (AvgIpc) is 3.38. The predicted octanol–water partition coefficient (Wildman–Crippen LogP) is 4.19. The summed E-state index contributed by atoms with van der Waals surface area (Å²) in [5.41, 5.74) is 4.87. The Morgan fingerprint density at radius 2 is 1.54 bits per heavy atom. The number of imidazole rings is 1. The van der Waals surface area contributed by atoms with Gasteiger partial charge in [-0.15, -0.1) is 10.2 Å². The zero-order valence-electron chi connectivity index (χ0n) is 16.2. The van der Waals surface area contributed by atoms with Gasteiger partial charge in [0.2, 0.25) is 0 Å². The van der Waals surface area contributed by atoms with Crippen LogP contribution in [0.4, 0.5) is 0 Å². The van der Waals surface area contributed by atoms with Crippen LogP contribution in [0.25, 0.3) is 11.3 Å².